The lowest BCUT2D eigenvalue weighted by molar-refractivity contribution is 0.0866. The number of pyridine rings is 1. The van der Waals surface area contributed by atoms with Gasteiger partial charge in [-0.25, -0.2) is 4.98 Å². The number of nitrogens with one attached hydrogen (secondary N) is 1. The summed E-state index contributed by atoms with van der Waals surface area (Å²) in [7, 11) is 0. The average Bonchev–Trinajstić information content (AvgIpc) is 2.65. The van der Waals surface area contributed by atoms with Crippen molar-refractivity contribution in [3.63, 3.8) is 0 Å². The van der Waals surface area contributed by atoms with Crippen LogP contribution in [0.3, 0.4) is 0 Å². The third-order valence-corrected chi connectivity index (χ3v) is 3.00. The summed E-state index contributed by atoms with van der Waals surface area (Å²) in [5.41, 5.74) is 0.406. The second kappa shape index (κ2) is 4.80. The summed E-state index contributed by atoms with van der Waals surface area (Å²) in [6, 6.07) is 3.41. The van der Waals surface area contributed by atoms with Gasteiger partial charge in [0.25, 0.3) is 5.91 Å². The normalized spacial score (nSPS) is 24.4. The second-order valence-electron chi connectivity index (χ2n) is 3.79. The molecule has 0 aliphatic carbocycles. The molecule has 0 radical (unpaired) electrons. The van der Waals surface area contributed by atoms with Gasteiger partial charge in [-0.05, 0) is 25.5 Å². The first-order chi connectivity index (χ1) is 7.68. The minimum absolute atomic E-state index is 0.0550. The third-order valence-electron chi connectivity index (χ3n) is 2.70. The summed E-state index contributed by atoms with van der Waals surface area (Å²) in [6.45, 7) is 2.63. The van der Waals surface area contributed by atoms with Gasteiger partial charge < -0.3 is 10.1 Å². The van der Waals surface area contributed by atoms with Crippen molar-refractivity contribution in [2.45, 2.75) is 25.5 Å². The van der Waals surface area contributed by atoms with E-state index in [-0.39, 0.29) is 23.2 Å². The van der Waals surface area contributed by atoms with Crippen molar-refractivity contribution in [1.82, 2.24) is 10.3 Å². The van der Waals surface area contributed by atoms with Crippen molar-refractivity contribution < 1.29 is 9.53 Å². The molecule has 1 aromatic rings. The topological polar surface area (TPSA) is 51.2 Å². The lowest BCUT2D eigenvalue weighted by atomic mass is 10.1. The Hall–Kier alpha value is -1.13. The Balaban J connectivity index is 2.06. The molecule has 1 aliphatic rings. The molecule has 2 rings (SSSR count). The fourth-order valence-corrected chi connectivity index (χ4v) is 1.93. The molecule has 1 aliphatic heterocycles. The van der Waals surface area contributed by atoms with Crippen molar-refractivity contribution in [3.05, 3.63) is 29.0 Å². The number of halogens is 1. The van der Waals surface area contributed by atoms with E-state index in [0.717, 1.165) is 6.42 Å². The molecule has 0 spiro atoms. The second-order valence-corrected chi connectivity index (χ2v) is 4.14. The van der Waals surface area contributed by atoms with Gasteiger partial charge >= 0.3 is 0 Å². The molecule has 2 atom stereocenters. The van der Waals surface area contributed by atoms with Crippen LogP contribution >= 0.6 is 11.6 Å². The molecule has 1 aromatic heterocycles. The molecule has 1 fully saturated rings. The van der Waals surface area contributed by atoms with Crippen LogP contribution in [0.25, 0.3) is 0 Å². The Labute approximate surface area is 99.0 Å². The predicted octanol–water partition coefficient (Wildman–Crippen LogP) is 1.64. The van der Waals surface area contributed by atoms with E-state index in [1.807, 2.05) is 6.92 Å². The van der Waals surface area contributed by atoms with E-state index in [1.54, 1.807) is 18.3 Å². The van der Waals surface area contributed by atoms with Gasteiger partial charge in [0.15, 0.2) is 0 Å². The Morgan fingerprint density at radius 1 is 1.69 bits per heavy atom. The standard InChI is InChI=1S/C11H13ClN2O2/c1-7-9(4-6-16-7)14-11(15)8-3-2-5-13-10(8)12/h2-3,5,7,9H,4,6H2,1H3,(H,14,15). The minimum atomic E-state index is -0.194. The monoisotopic (exact) mass is 240 g/mol. The number of carbonyl (C=O) groups is 1. The third kappa shape index (κ3) is 2.33. The molecule has 1 saturated heterocycles. The molecule has 0 aromatic carbocycles. The van der Waals surface area contributed by atoms with Gasteiger partial charge in [-0.15, -0.1) is 0 Å². The molecule has 4 nitrogen and oxygen atoms in total. The van der Waals surface area contributed by atoms with Crippen LogP contribution in [0.15, 0.2) is 18.3 Å². The van der Waals surface area contributed by atoms with E-state index < -0.39 is 0 Å². The van der Waals surface area contributed by atoms with E-state index in [9.17, 15) is 4.79 Å². The molecule has 5 heteroatoms. The molecule has 2 unspecified atom stereocenters. The van der Waals surface area contributed by atoms with E-state index in [4.69, 9.17) is 16.3 Å². The van der Waals surface area contributed by atoms with Gasteiger partial charge in [-0.2, -0.15) is 0 Å². The quantitative estimate of drug-likeness (QED) is 0.800. The molecular formula is C11H13ClN2O2. The van der Waals surface area contributed by atoms with E-state index in [2.05, 4.69) is 10.3 Å². The lowest BCUT2D eigenvalue weighted by Gasteiger charge is -2.16. The number of hydrogen-bond donors (Lipinski definition) is 1. The fourth-order valence-electron chi connectivity index (χ4n) is 1.72. The van der Waals surface area contributed by atoms with Crippen LogP contribution in [0.2, 0.25) is 5.15 Å². The maximum absolute atomic E-state index is 11.9. The summed E-state index contributed by atoms with van der Waals surface area (Å²) >= 11 is 5.84. The Kier molecular flexibility index (Phi) is 3.41. The number of amides is 1. The molecule has 1 amide bonds. The van der Waals surface area contributed by atoms with Gasteiger partial charge in [-0.3, -0.25) is 4.79 Å². The van der Waals surface area contributed by atoms with Gasteiger partial charge in [0.05, 0.1) is 17.7 Å². The molecule has 16 heavy (non-hydrogen) atoms. The van der Waals surface area contributed by atoms with Gasteiger partial charge in [0.1, 0.15) is 5.15 Å². The summed E-state index contributed by atoms with van der Waals surface area (Å²) in [6.07, 6.45) is 2.45. The first-order valence-corrected chi connectivity index (χ1v) is 5.59. The predicted molar refractivity (Wildman–Crippen MR) is 60.5 cm³/mol. The Morgan fingerprint density at radius 3 is 3.12 bits per heavy atom. The first kappa shape index (κ1) is 11.4. The van der Waals surface area contributed by atoms with Crippen LogP contribution in [0, 0.1) is 0 Å². The fraction of sp³-hybridized carbons (Fsp3) is 0.455. The number of nitrogens with zero attached hydrogens (tertiary/aromatic N) is 1. The van der Waals surface area contributed by atoms with E-state index in [1.165, 1.54) is 0 Å². The zero-order valence-electron chi connectivity index (χ0n) is 8.94. The highest BCUT2D eigenvalue weighted by molar-refractivity contribution is 6.32. The molecular weight excluding hydrogens is 228 g/mol. The highest BCUT2D eigenvalue weighted by Crippen LogP contribution is 2.15. The maximum Gasteiger partial charge on any atom is 0.254 e. The van der Waals surface area contributed by atoms with Crippen LogP contribution in [-0.4, -0.2) is 29.6 Å². The van der Waals surface area contributed by atoms with Crippen molar-refractivity contribution >= 4 is 17.5 Å². The van der Waals surface area contributed by atoms with Crippen LogP contribution in [0.5, 0.6) is 0 Å². The number of carbonyl (C=O) groups excluding carboxylic acids is 1. The van der Waals surface area contributed by atoms with Gasteiger partial charge in [-0.1, -0.05) is 11.6 Å². The highest BCUT2D eigenvalue weighted by Gasteiger charge is 2.26. The van der Waals surface area contributed by atoms with E-state index in [0.29, 0.717) is 12.2 Å². The van der Waals surface area contributed by atoms with Crippen molar-refractivity contribution in [2.75, 3.05) is 6.61 Å². The first-order valence-electron chi connectivity index (χ1n) is 5.21. The highest BCUT2D eigenvalue weighted by atomic mass is 35.5. The zero-order chi connectivity index (χ0) is 11.5. The summed E-state index contributed by atoms with van der Waals surface area (Å²) in [4.78, 5) is 15.7. The number of rotatable bonds is 2. The number of hydrogen-bond acceptors (Lipinski definition) is 3. The van der Waals surface area contributed by atoms with Crippen molar-refractivity contribution in [1.29, 1.82) is 0 Å². The van der Waals surface area contributed by atoms with E-state index >= 15 is 0 Å². The van der Waals surface area contributed by atoms with Crippen LogP contribution < -0.4 is 5.32 Å². The summed E-state index contributed by atoms with van der Waals surface area (Å²) in [5, 5.41) is 3.13. The molecule has 0 bridgehead atoms. The largest absolute Gasteiger partial charge is 0.376 e. The maximum atomic E-state index is 11.9. The SMILES string of the molecule is CC1OCCC1NC(=O)c1cccnc1Cl. The molecule has 1 N–H and O–H groups in total. The molecule has 2 heterocycles. The Morgan fingerprint density at radius 2 is 2.50 bits per heavy atom. The average molecular weight is 241 g/mol. The lowest BCUT2D eigenvalue weighted by Crippen LogP contribution is -2.39. The van der Waals surface area contributed by atoms with Gasteiger partial charge in [0.2, 0.25) is 0 Å². The minimum Gasteiger partial charge on any atom is -0.376 e. The number of aromatic nitrogens is 1. The Bertz CT molecular complexity index is 397. The number of ether oxygens (including phenoxy) is 1. The van der Waals surface area contributed by atoms with Crippen molar-refractivity contribution in [2.24, 2.45) is 0 Å². The summed E-state index contributed by atoms with van der Waals surface area (Å²) in [5.74, 6) is -0.194. The van der Waals surface area contributed by atoms with Gasteiger partial charge in [0, 0.05) is 12.8 Å². The smallest absolute Gasteiger partial charge is 0.254 e. The van der Waals surface area contributed by atoms with Crippen LogP contribution in [-0.2, 0) is 4.74 Å². The summed E-state index contributed by atoms with van der Waals surface area (Å²) < 4.78 is 5.37. The van der Waals surface area contributed by atoms with Crippen LogP contribution in [0.4, 0.5) is 0 Å². The van der Waals surface area contributed by atoms with Crippen molar-refractivity contribution in [3.8, 4) is 0 Å². The molecule has 0 saturated carbocycles. The zero-order valence-corrected chi connectivity index (χ0v) is 9.70. The molecule has 86 valence electrons. The van der Waals surface area contributed by atoms with Crippen LogP contribution in [0.1, 0.15) is 23.7 Å².